The lowest BCUT2D eigenvalue weighted by atomic mass is 10.2. The fourth-order valence-corrected chi connectivity index (χ4v) is 2.44. The van der Waals surface area contributed by atoms with Crippen LogP contribution in [0.15, 0.2) is 28.9 Å². The number of hydrogen-bond donors (Lipinski definition) is 0. The minimum absolute atomic E-state index is 0.0195. The van der Waals surface area contributed by atoms with Gasteiger partial charge in [-0.25, -0.2) is 9.07 Å². The van der Waals surface area contributed by atoms with Crippen LogP contribution in [0.1, 0.15) is 24.6 Å². The van der Waals surface area contributed by atoms with Crippen LogP contribution in [0.5, 0.6) is 0 Å². The Morgan fingerprint density at radius 2 is 2.33 bits per heavy atom. The molecule has 4 nitrogen and oxygen atoms in total. The SMILES string of the molecule is Fc1ccc(Br)c(-n2cc(C3CCCO3)nn2)c1. The summed E-state index contributed by atoms with van der Waals surface area (Å²) >= 11 is 3.37. The van der Waals surface area contributed by atoms with Crippen LogP contribution in [-0.4, -0.2) is 21.6 Å². The Bertz CT molecular complexity index is 566. The summed E-state index contributed by atoms with van der Waals surface area (Å²) in [7, 11) is 0. The maximum absolute atomic E-state index is 13.2. The molecule has 0 spiro atoms. The third-order valence-corrected chi connectivity index (χ3v) is 3.60. The van der Waals surface area contributed by atoms with Crippen LogP contribution in [0.4, 0.5) is 4.39 Å². The Morgan fingerprint density at radius 1 is 1.44 bits per heavy atom. The van der Waals surface area contributed by atoms with Gasteiger partial charge >= 0.3 is 0 Å². The van der Waals surface area contributed by atoms with E-state index in [1.54, 1.807) is 16.9 Å². The first-order chi connectivity index (χ1) is 8.74. The lowest BCUT2D eigenvalue weighted by molar-refractivity contribution is 0.108. The van der Waals surface area contributed by atoms with Gasteiger partial charge in [0.15, 0.2) is 0 Å². The molecule has 1 aromatic carbocycles. The van der Waals surface area contributed by atoms with Gasteiger partial charge in [-0.2, -0.15) is 0 Å². The summed E-state index contributed by atoms with van der Waals surface area (Å²) in [5.74, 6) is -0.303. The first-order valence-electron chi connectivity index (χ1n) is 5.73. The molecular formula is C12H11BrFN3O. The van der Waals surface area contributed by atoms with E-state index in [2.05, 4.69) is 26.2 Å². The van der Waals surface area contributed by atoms with Crippen molar-refractivity contribution in [2.75, 3.05) is 6.61 Å². The van der Waals surface area contributed by atoms with Crippen molar-refractivity contribution in [3.8, 4) is 5.69 Å². The molecule has 2 aromatic rings. The Morgan fingerprint density at radius 3 is 3.11 bits per heavy atom. The predicted octanol–water partition coefficient (Wildman–Crippen LogP) is 3.02. The zero-order chi connectivity index (χ0) is 12.5. The molecule has 0 radical (unpaired) electrons. The van der Waals surface area contributed by atoms with Gasteiger partial charge in [-0.1, -0.05) is 5.21 Å². The highest BCUT2D eigenvalue weighted by Gasteiger charge is 2.21. The number of nitrogens with zero attached hydrogens (tertiary/aromatic N) is 3. The van der Waals surface area contributed by atoms with E-state index in [-0.39, 0.29) is 11.9 Å². The summed E-state index contributed by atoms with van der Waals surface area (Å²) in [5.41, 5.74) is 1.43. The zero-order valence-electron chi connectivity index (χ0n) is 9.51. The molecule has 0 amide bonds. The summed E-state index contributed by atoms with van der Waals surface area (Å²) in [5, 5.41) is 8.11. The second-order valence-corrected chi connectivity index (χ2v) is 5.04. The number of halogens is 2. The van der Waals surface area contributed by atoms with E-state index in [4.69, 9.17) is 4.74 Å². The molecule has 94 valence electrons. The first-order valence-corrected chi connectivity index (χ1v) is 6.52. The molecule has 1 aliphatic heterocycles. The number of rotatable bonds is 2. The van der Waals surface area contributed by atoms with Crippen molar-refractivity contribution in [1.82, 2.24) is 15.0 Å². The molecule has 3 rings (SSSR count). The normalized spacial score (nSPS) is 19.3. The third-order valence-electron chi connectivity index (χ3n) is 2.93. The molecule has 1 saturated heterocycles. The standard InChI is InChI=1S/C12H11BrFN3O/c13-9-4-3-8(14)6-11(9)17-7-10(15-16-17)12-2-1-5-18-12/h3-4,6-7,12H,1-2,5H2. The summed E-state index contributed by atoms with van der Waals surface area (Å²) in [6.45, 7) is 0.765. The van der Waals surface area contributed by atoms with Crippen LogP contribution in [0.25, 0.3) is 5.69 Å². The van der Waals surface area contributed by atoms with E-state index in [9.17, 15) is 4.39 Å². The van der Waals surface area contributed by atoms with Crippen molar-refractivity contribution in [3.05, 3.63) is 40.4 Å². The molecule has 0 N–H and O–H groups in total. The highest BCUT2D eigenvalue weighted by molar-refractivity contribution is 9.10. The summed E-state index contributed by atoms with van der Waals surface area (Å²) in [6, 6.07) is 4.46. The fraction of sp³-hybridized carbons (Fsp3) is 0.333. The maximum Gasteiger partial charge on any atom is 0.125 e. The lowest BCUT2D eigenvalue weighted by Crippen LogP contribution is -1.97. The molecule has 1 aromatic heterocycles. The zero-order valence-corrected chi connectivity index (χ0v) is 11.1. The largest absolute Gasteiger partial charge is 0.372 e. The molecule has 1 atom stereocenters. The van der Waals surface area contributed by atoms with E-state index >= 15 is 0 Å². The molecule has 2 heterocycles. The number of benzene rings is 1. The Hall–Kier alpha value is -1.27. The van der Waals surface area contributed by atoms with Gasteiger partial charge in [-0.05, 0) is 40.9 Å². The molecule has 0 aliphatic carbocycles. The van der Waals surface area contributed by atoms with Gasteiger partial charge in [0.2, 0.25) is 0 Å². The Kier molecular flexibility index (Phi) is 3.13. The van der Waals surface area contributed by atoms with E-state index in [1.165, 1.54) is 12.1 Å². The molecule has 1 unspecified atom stereocenters. The van der Waals surface area contributed by atoms with Crippen LogP contribution in [-0.2, 0) is 4.74 Å². The molecule has 1 fully saturated rings. The average Bonchev–Trinajstić information content (AvgIpc) is 3.00. The van der Waals surface area contributed by atoms with Crippen molar-refractivity contribution in [2.24, 2.45) is 0 Å². The second kappa shape index (κ2) is 4.78. The van der Waals surface area contributed by atoms with Gasteiger partial charge in [-0.3, -0.25) is 0 Å². The van der Waals surface area contributed by atoms with Crippen LogP contribution in [0, 0.1) is 5.82 Å². The fourth-order valence-electron chi connectivity index (χ4n) is 2.01. The Labute approximate surface area is 112 Å². The summed E-state index contributed by atoms with van der Waals surface area (Å²) < 4.78 is 21.1. The minimum atomic E-state index is -0.303. The van der Waals surface area contributed by atoms with Crippen molar-refractivity contribution in [3.63, 3.8) is 0 Å². The molecular weight excluding hydrogens is 301 g/mol. The summed E-state index contributed by atoms with van der Waals surface area (Å²) in [6.07, 6.45) is 3.81. The maximum atomic E-state index is 13.2. The van der Waals surface area contributed by atoms with Gasteiger partial charge in [0.25, 0.3) is 0 Å². The molecule has 0 bridgehead atoms. The van der Waals surface area contributed by atoms with Gasteiger partial charge < -0.3 is 4.74 Å². The number of ether oxygens (including phenoxy) is 1. The van der Waals surface area contributed by atoms with Gasteiger partial charge in [0.05, 0.1) is 11.9 Å². The van der Waals surface area contributed by atoms with Crippen molar-refractivity contribution in [2.45, 2.75) is 18.9 Å². The van der Waals surface area contributed by atoms with Gasteiger partial charge in [0.1, 0.15) is 17.6 Å². The molecule has 1 aliphatic rings. The van der Waals surface area contributed by atoms with Crippen LogP contribution in [0.2, 0.25) is 0 Å². The van der Waals surface area contributed by atoms with Crippen molar-refractivity contribution in [1.29, 1.82) is 0 Å². The van der Waals surface area contributed by atoms with E-state index < -0.39 is 0 Å². The Balaban J connectivity index is 1.94. The quantitative estimate of drug-likeness (QED) is 0.856. The smallest absolute Gasteiger partial charge is 0.125 e. The van der Waals surface area contributed by atoms with E-state index in [0.717, 1.165) is 29.6 Å². The molecule has 0 saturated carbocycles. The average molecular weight is 312 g/mol. The van der Waals surface area contributed by atoms with Crippen LogP contribution < -0.4 is 0 Å². The van der Waals surface area contributed by atoms with E-state index in [1.807, 2.05) is 0 Å². The summed E-state index contributed by atoms with van der Waals surface area (Å²) in [4.78, 5) is 0. The first kappa shape index (κ1) is 11.8. The van der Waals surface area contributed by atoms with Gasteiger partial charge in [0, 0.05) is 17.1 Å². The van der Waals surface area contributed by atoms with E-state index in [0.29, 0.717) is 5.69 Å². The van der Waals surface area contributed by atoms with Crippen LogP contribution >= 0.6 is 15.9 Å². The predicted molar refractivity (Wildman–Crippen MR) is 66.9 cm³/mol. The number of aromatic nitrogens is 3. The minimum Gasteiger partial charge on any atom is -0.372 e. The highest BCUT2D eigenvalue weighted by atomic mass is 79.9. The molecule has 6 heteroatoms. The third kappa shape index (κ3) is 2.18. The van der Waals surface area contributed by atoms with Gasteiger partial charge in [-0.15, -0.1) is 5.10 Å². The van der Waals surface area contributed by atoms with Crippen molar-refractivity contribution >= 4 is 15.9 Å². The second-order valence-electron chi connectivity index (χ2n) is 4.19. The lowest BCUT2D eigenvalue weighted by Gasteiger charge is -2.04. The topological polar surface area (TPSA) is 39.9 Å². The van der Waals surface area contributed by atoms with Crippen molar-refractivity contribution < 1.29 is 9.13 Å². The highest BCUT2D eigenvalue weighted by Crippen LogP contribution is 2.28. The monoisotopic (exact) mass is 311 g/mol. The molecule has 18 heavy (non-hydrogen) atoms. The number of hydrogen-bond acceptors (Lipinski definition) is 3. The van der Waals surface area contributed by atoms with Crippen LogP contribution in [0.3, 0.4) is 0 Å².